The average Bonchev–Trinajstić information content (AvgIpc) is 3.35. The molecule has 4 aliphatic carbocycles. The monoisotopic (exact) mass is 521 g/mol. The Hall–Kier alpha value is -2.09. The normalized spacial score (nSPS) is 39.5. The molecule has 3 fully saturated rings. The topological polar surface area (TPSA) is 84.3 Å². The fraction of sp³-hybridized carbons (Fsp3) is 0.517. The first-order valence-electron chi connectivity index (χ1n) is 12.8. The van der Waals surface area contributed by atoms with Gasteiger partial charge in [-0.3, -0.25) is 14.4 Å². The zero-order valence-electron chi connectivity index (χ0n) is 20.8. The van der Waals surface area contributed by atoms with Gasteiger partial charge in [0.05, 0.1) is 16.0 Å². The third kappa shape index (κ3) is 3.25. The van der Waals surface area contributed by atoms with Crippen molar-refractivity contribution in [2.75, 3.05) is 5.75 Å². The SMILES string of the molecule is C[C@@H]1CC2C3CCC4=CC(=O)C=CC4(C)C3C(=O)CC2(C)[C@@]1(O)C(=O)CSc1nc2ccccc2s1. The van der Waals surface area contributed by atoms with Crippen molar-refractivity contribution < 1.29 is 19.5 Å². The highest BCUT2D eigenvalue weighted by molar-refractivity contribution is 8.01. The van der Waals surface area contributed by atoms with E-state index in [1.165, 1.54) is 11.8 Å². The van der Waals surface area contributed by atoms with Crippen LogP contribution in [0.4, 0.5) is 0 Å². The van der Waals surface area contributed by atoms with Crippen LogP contribution in [0.25, 0.3) is 10.2 Å². The minimum absolute atomic E-state index is 0.00545. The summed E-state index contributed by atoms with van der Waals surface area (Å²) in [5, 5.41) is 12.1. The maximum absolute atomic E-state index is 13.8. The smallest absolute Gasteiger partial charge is 0.178 e. The molecule has 1 heterocycles. The minimum Gasteiger partial charge on any atom is -0.381 e. The molecular weight excluding hydrogens is 490 g/mol. The van der Waals surface area contributed by atoms with Crippen LogP contribution in [-0.2, 0) is 14.4 Å². The fourth-order valence-electron chi connectivity index (χ4n) is 8.11. The number of nitrogens with zero attached hydrogens (tertiary/aromatic N) is 1. The van der Waals surface area contributed by atoms with Gasteiger partial charge in [-0.15, -0.1) is 11.3 Å². The maximum atomic E-state index is 13.8. The van der Waals surface area contributed by atoms with Crippen molar-refractivity contribution in [1.82, 2.24) is 4.98 Å². The Labute approximate surface area is 219 Å². The second-order valence-corrected chi connectivity index (χ2v) is 13.9. The lowest BCUT2D eigenvalue weighted by molar-refractivity contribution is -0.169. The van der Waals surface area contributed by atoms with Gasteiger partial charge in [-0.2, -0.15) is 0 Å². The molecule has 0 saturated heterocycles. The van der Waals surface area contributed by atoms with Crippen LogP contribution in [0.15, 0.2) is 52.4 Å². The highest BCUT2D eigenvalue weighted by Gasteiger charge is 2.70. The molecule has 5 unspecified atom stereocenters. The highest BCUT2D eigenvalue weighted by atomic mass is 32.2. The summed E-state index contributed by atoms with van der Waals surface area (Å²) in [7, 11) is 0. The molecule has 2 aromatic rings. The summed E-state index contributed by atoms with van der Waals surface area (Å²) in [5.41, 5.74) is -0.817. The van der Waals surface area contributed by atoms with Crippen molar-refractivity contribution in [3.8, 4) is 0 Å². The number of Topliss-reactive ketones (excluding diaryl/α,β-unsaturated/α-hetero) is 2. The zero-order chi connectivity index (χ0) is 25.5. The van der Waals surface area contributed by atoms with E-state index < -0.39 is 16.4 Å². The standard InChI is InChI=1S/C29H31NO4S2/c1-16-12-20-19-9-8-17-13-18(31)10-11-27(17,2)25(19)22(32)14-28(20,3)29(16,34)24(33)15-35-26-30-21-6-4-5-7-23(21)36-26/h4-7,10-11,13,16,19-20,25,34H,8-9,12,14-15H2,1-3H3/t16-,19?,20?,25?,27?,28?,29+/m1/s1. The molecule has 0 aliphatic heterocycles. The number of thioether (sulfide) groups is 1. The van der Waals surface area contributed by atoms with Crippen molar-refractivity contribution in [2.24, 2.45) is 34.5 Å². The van der Waals surface area contributed by atoms with Gasteiger partial charge in [0.2, 0.25) is 0 Å². The number of aliphatic hydroxyl groups is 1. The summed E-state index contributed by atoms with van der Waals surface area (Å²) in [6, 6.07) is 7.90. The number of fused-ring (bicyclic) bond motifs is 6. The molecule has 7 atom stereocenters. The molecule has 6 rings (SSSR count). The van der Waals surface area contributed by atoms with Crippen molar-refractivity contribution in [3.63, 3.8) is 0 Å². The summed E-state index contributed by atoms with van der Waals surface area (Å²) in [6.45, 7) is 6.03. The third-order valence-corrected chi connectivity index (χ3v) is 12.0. The van der Waals surface area contributed by atoms with E-state index in [2.05, 4.69) is 11.9 Å². The van der Waals surface area contributed by atoms with Crippen LogP contribution in [0, 0.1) is 34.5 Å². The summed E-state index contributed by atoms with van der Waals surface area (Å²) < 4.78 is 1.90. The van der Waals surface area contributed by atoms with Crippen LogP contribution >= 0.6 is 23.1 Å². The van der Waals surface area contributed by atoms with Gasteiger partial charge in [-0.25, -0.2) is 4.98 Å². The second kappa shape index (κ2) is 8.20. The number of hydrogen-bond acceptors (Lipinski definition) is 7. The molecule has 188 valence electrons. The van der Waals surface area contributed by atoms with Gasteiger partial charge in [-0.05, 0) is 61.3 Å². The van der Waals surface area contributed by atoms with E-state index in [1.807, 2.05) is 44.2 Å². The van der Waals surface area contributed by atoms with E-state index in [4.69, 9.17) is 0 Å². The lowest BCUT2D eigenvalue weighted by atomic mass is 9.46. The number of hydrogen-bond donors (Lipinski definition) is 1. The van der Waals surface area contributed by atoms with Crippen LogP contribution < -0.4 is 0 Å². The largest absolute Gasteiger partial charge is 0.381 e. The second-order valence-electron chi connectivity index (χ2n) is 11.6. The molecule has 0 radical (unpaired) electrons. The summed E-state index contributed by atoms with van der Waals surface area (Å²) in [4.78, 5) is 44.2. The Morgan fingerprint density at radius 2 is 2.03 bits per heavy atom. The fourth-order valence-corrected chi connectivity index (χ4v) is 10.1. The molecule has 0 amide bonds. The quantitative estimate of drug-likeness (QED) is 0.541. The van der Waals surface area contributed by atoms with E-state index in [0.29, 0.717) is 0 Å². The molecule has 3 saturated carbocycles. The zero-order valence-corrected chi connectivity index (χ0v) is 22.5. The number of benzene rings is 1. The van der Waals surface area contributed by atoms with Crippen molar-refractivity contribution >= 4 is 50.7 Å². The number of aromatic nitrogens is 1. The van der Waals surface area contributed by atoms with Gasteiger partial charge in [0.1, 0.15) is 11.4 Å². The van der Waals surface area contributed by atoms with Crippen LogP contribution in [0.1, 0.15) is 46.5 Å². The first-order chi connectivity index (χ1) is 17.1. The van der Waals surface area contributed by atoms with Crippen molar-refractivity contribution in [2.45, 2.75) is 56.4 Å². The minimum atomic E-state index is -1.54. The van der Waals surface area contributed by atoms with Crippen LogP contribution in [0.2, 0.25) is 0 Å². The van der Waals surface area contributed by atoms with E-state index in [1.54, 1.807) is 23.5 Å². The Bertz CT molecular complexity index is 1330. The van der Waals surface area contributed by atoms with E-state index in [9.17, 15) is 19.5 Å². The Morgan fingerprint density at radius 3 is 2.81 bits per heavy atom. The Balaban J connectivity index is 1.28. The molecule has 7 heteroatoms. The molecule has 1 aromatic carbocycles. The number of para-hydroxylation sites is 1. The molecule has 0 bridgehead atoms. The van der Waals surface area contributed by atoms with Crippen LogP contribution in [0.5, 0.6) is 0 Å². The summed E-state index contributed by atoms with van der Waals surface area (Å²) >= 11 is 2.94. The first kappa shape index (κ1) is 24.3. The van der Waals surface area contributed by atoms with Gasteiger partial charge in [0, 0.05) is 23.2 Å². The van der Waals surface area contributed by atoms with Gasteiger partial charge in [-0.1, -0.05) is 56.3 Å². The van der Waals surface area contributed by atoms with E-state index in [0.717, 1.165) is 39.4 Å². The molecule has 1 aromatic heterocycles. The van der Waals surface area contributed by atoms with Crippen molar-refractivity contribution in [1.29, 1.82) is 0 Å². The number of carbonyl (C=O) groups is 3. The van der Waals surface area contributed by atoms with Gasteiger partial charge in [0.25, 0.3) is 0 Å². The molecule has 0 spiro atoms. The molecule has 4 aliphatic rings. The van der Waals surface area contributed by atoms with Crippen molar-refractivity contribution in [3.05, 3.63) is 48.1 Å². The summed E-state index contributed by atoms with van der Waals surface area (Å²) in [6.07, 6.45) is 7.78. The van der Waals surface area contributed by atoms with E-state index >= 15 is 0 Å². The highest BCUT2D eigenvalue weighted by Crippen LogP contribution is 2.67. The summed E-state index contributed by atoms with van der Waals surface area (Å²) in [5.74, 6) is -0.197. The number of carbonyl (C=O) groups excluding carboxylic acids is 3. The molecular formula is C29H31NO4S2. The molecule has 1 N–H and O–H groups in total. The Kier molecular flexibility index (Phi) is 5.53. The number of ketones is 3. The van der Waals surface area contributed by atoms with Gasteiger partial charge >= 0.3 is 0 Å². The third-order valence-electron chi connectivity index (χ3n) is 9.86. The molecule has 5 nitrogen and oxygen atoms in total. The van der Waals surface area contributed by atoms with Gasteiger partial charge < -0.3 is 5.11 Å². The first-order valence-corrected chi connectivity index (χ1v) is 14.6. The maximum Gasteiger partial charge on any atom is 0.178 e. The van der Waals surface area contributed by atoms with Gasteiger partial charge in [0.15, 0.2) is 15.9 Å². The number of allylic oxidation sites excluding steroid dienone is 4. The van der Waals surface area contributed by atoms with E-state index in [-0.39, 0.29) is 53.2 Å². The number of rotatable bonds is 4. The lowest BCUT2D eigenvalue weighted by Gasteiger charge is -2.56. The van der Waals surface area contributed by atoms with Crippen LogP contribution in [0.3, 0.4) is 0 Å². The Morgan fingerprint density at radius 1 is 1.25 bits per heavy atom. The average molecular weight is 522 g/mol. The predicted octanol–water partition coefficient (Wildman–Crippen LogP) is 5.42. The predicted molar refractivity (Wildman–Crippen MR) is 142 cm³/mol. The number of thiazole rings is 1. The lowest BCUT2D eigenvalue weighted by Crippen LogP contribution is -2.61. The molecule has 36 heavy (non-hydrogen) atoms. The van der Waals surface area contributed by atoms with Crippen LogP contribution in [-0.4, -0.2) is 38.8 Å².